The smallest absolute Gasteiger partial charge is 0.227 e. The second-order valence-corrected chi connectivity index (χ2v) is 4.00. The van der Waals surface area contributed by atoms with Crippen LogP contribution in [0.4, 0.5) is 11.6 Å². The summed E-state index contributed by atoms with van der Waals surface area (Å²) in [5.74, 6) is 0.375. The Balaban J connectivity index is 1.85. The minimum atomic E-state index is -0.0806. The van der Waals surface area contributed by atoms with Crippen molar-refractivity contribution in [2.45, 2.75) is 12.8 Å². The van der Waals surface area contributed by atoms with E-state index in [1.165, 1.54) is 11.0 Å². The topological polar surface area (TPSA) is 85.8 Å². The first-order valence-electron chi connectivity index (χ1n) is 5.63. The number of hydrogen-bond donors (Lipinski definition) is 2. The summed E-state index contributed by atoms with van der Waals surface area (Å²) in [5.41, 5.74) is 7.40. The normalized spacial score (nSPS) is 10.3. The molecule has 1 amide bonds. The number of nitrogens with one attached hydrogen (secondary N) is 1. The second-order valence-electron chi connectivity index (χ2n) is 4.00. The van der Waals surface area contributed by atoms with Crippen LogP contribution in [0.3, 0.4) is 0 Å². The van der Waals surface area contributed by atoms with Crippen molar-refractivity contribution in [2.75, 3.05) is 11.1 Å². The van der Waals surface area contributed by atoms with Crippen molar-refractivity contribution in [1.82, 2.24) is 14.8 Å². The maximum Gasteiger partial charge on any atom is 0.227 e. The number of aromatic nitrogens is 3. The molecule has 0 fully saturated rings. The second kappa shape index (κ2) is 5.31. The lowest BCUT2D eigenvalue weighted by molar-refractivity contribution is -0.116. The SMILES string of the molecule is Cn1ncnc1NC(=O)CCc1ccc(N)cc1. The minimum Gasteiger partial charge on any atom is -0.399 e. The molecule has 0 saturated heterocycles. The van der Waals surface area contributed by atoms with Crippen LogP contribution in [0.15, 0.2) is 30.6 Å². The molecule has 18 heavy (non-hydrogen) atoms. The Kier molecular flexibility index (Phi) is 3.57. The highest BCUT2D eigenvalue weighted by Gasteiger charge is 2.06. The van der Waals surface area contributed by atoms with E-state index in [0.29, 0.717) is 18.8 Å². The molecule has 0 aliphatic heterocycles. The molecule has 3 N–H and O–H groups in total. The molecule has 0 aliphatic rings. The summed E-state index contributed by atoms with van der Waals surface area (Å²) in [4.78, 5) is 15.6. The van der Waals surface area contributed by atoms with Gasteiger partial charge in [-0.1, -0.05) is 12.1 Å². The molecule has 6 heteroatoms. The molecule has 0 saturated carbocycles. The van der Waals surface area contributed by atoms with Gasteiger partial charge in [-0.25, -0.2) is 4.68 Å². The quantitative estimate of drug-likeness (QED) is 0.786. The Labute approximate surface area is 105 Å². The number of carbonyl (C=O) groups is 1. The first-order chi connectivity index (χ1) is 8.65. The number of amides is 1. The maximum atomic E-state index is 11.7. The molecule has 0 radical (unpaired) electrons. The molecule has 6 nitrogen and oxygen atoms in total. The summed E-state index contributed by atoms with van der Waals surface area (Å²) < 4.78 is 1.51. The van der Waals surface area contributed by atoms with Crippen LogP contribution in [0.2, 0.25) is 0 Å². The van der Waals surface area contributed by atoms with E-state index in [9.17, 15) is 4.79 Å². The van der Waals surface area contributed by atoms with Crippen LogP contribution in [-0.2, 0) is 18.3 Å². The largest absolute Gasteiger partial charge is 0.399 e. The van der Waals surface area contributed by atoms with Crippen LogP contribution in [-0.4, -0.2) is 20.7 Å². The zero-order valence-corrected chi connectivity index (χ0v) is 10.1. The van der Waals surface area contributed by atoms with Crippen molar-refractivity contribution in [3.63, 3.8) is 0 Å². The van der Waals surface area contributed by atoms with Gasteiger partial charge in [0.2, 0.25) is 11.9 Å². The summed E-state index contributed by atoms with van der Waals surface area (Å²) in [6.07, 6.45) is 2.47. The van der Waals surface area contributed by atoms with Gasteiger partial charge in [0.15, 0.2) is 0 Å². The fourth-order valence-electron chi connectivity index (χ4n) is 1.54. The number of benzene rings is 1. The van der Waals surface area contributed by atoms with E-state index < -0.39 is 0 Å². The Bertz CT molecular complexity index is 532. The van der Waals surface area contributed by atoms with Gasteiger partial charge < -0.3 is 5.73 Å². The van der Waals surface area contributed by atoms with Crippen molar-refractivity contribution in [1.29, 1.82) is 0 Å². The third-order valence-electron chi connectivity index (χ3n) is 2.58. The Hall–Kier alpha value is -2.37. The maximum absolute atomic E-state index is 11.7. The molecule has 94 valence electrons. The van der Waals surface area contributed by atoms with Crippen LogP contribution in [0.5, 0.6) is 0 Å². The highest BCUT2D eigenvalue weighted by Crippen LogP contribution is 2.08. The number of nitrogen functional groups attached to an aromatic ring is 1. The molecule has 2 rings (SSSR count). The van der Waals surface area contributed by atoms with E-state index in [0.717, 1.165) is 11.3 Å². The third-order valence-corrected chi connectivity index (χ3v) is 2.58. The summed E-state index contributed by atoms with van der Waals surface area (Å²) >= 11 is 0. The van der Waals surface area contributed by atoms with Crippen LogP contribution in [0.25, 0.3) is 0 Å². The molecule has 0 spiro atoms. The van der Waals surface area contributed by atoms with Gasteiger partial charge in [0.1, 0.15) is 6.33 Å². The summed E-state index contributed by atoms with van der Waals surface area (Å²) in [6.45, 7) is 0. The van der Waals surface area contributed by atoms with Crippen molar-refractivity contribution in [3.05, 3.63) is 36.2 Å². The number of aryl methyl sites for hydroxylation is 2. The lowest BCUT2D eigenvalue weighted by Gasteiger charge is -2.04. The summed E-state index contributed by atoms with van der Waals surface area (Å²) in [6, 6.07) is 7.50. The van der Waals surface area contributed by atoms with E-state index >= 15 is 0 Å². The highest BCUT2D eigenvalue weighted by atomic mass is 16.1. The Morgan fingerprint density at radius 3 is 2.72 bits per heavy atom. The lowest BCUT2D eigenvalue weighted by atomic mass is 10.1. The average molecular weight is 245 g/mol. The van der Waals surface area contributed by atoms with Crippen molar-refractivity contribution in [3.8, 4) is 0 Å². The monoisotopic (exact) mass is 245 g/mol. The fraction of sp³-hybridized carbons (Fsp3) is 0.250. The van der Waals surface area contributed by atoms with E-state index in [4.69, 9.17) is 5.73 Å². The number of hydrogen-bond acceptors (Lipinski definition) is 4. The lowest BCUT2D eigenvalue weighted by Crippen LogP contribution is -2.15. The molecule has 0 aliphatic carbocycles. The molecule has 1 aromatic carbocycles. The van der Waals surface area contributed by atoms with Crippen molar-refractivity contribution < 1.29 is 4.79 Å². The van der Waals surface area contributed by atoms with Gasteiger partial charge >= 0.3 is 0 Å². The molecular formula is C12H15N5O. The molecule has 1 heterocycles. The standard InChI is InChI=1S/C12H15N5O/c1-17-12(14-8-15-17)16-11(18)7-4-9-2-5-10(13)6-3-9/h2-3,5-6,8H,4,7,13H2,1H3,(H,14,15,16,18). The van der Waals surface area contributed by atoms with Crippen molar-refractivity contribution >= 4 is 17.5 Å². The zero-order chi connectivity index (χ0) is 13.0. The van der Waals surface area contributed by atoms with Gasteiger partial charge in [-0.2, -0.15) is 10.1 Å². The van der Waals surface area contributed by atoms with Gasteiger partial charge in [0.25, 0.3) is 0 Å². The number of carbonyl (C=O) groups excluding carboxylic acids is 1. The zero-order valence-electron chi connectivity index (χ0n) is 10.1. The summed E-state index contributed by atoms with van der Waals surface area (Å²) in [7, 11) is 1.72. The minimum absolute atomic E-state index is 0.0806. The predicted octanol–water partition coefficient (Wildman–Crippen LogP) is 0.969. The highest BCUT2D eigenvalue weighted by molar-refractivity contribution is 5.89. The van der Waals surface area contributed by atoms with Gasteiger partial charge in [0, 0.05) is 19.2 Å². The van der Waals surface area contributed by atoms with E-state index in [1.807, 2.05) is 24.3 Å². The van der Waals surface area contributed by atoms with E-state index in [-0.39, 0.29) is 5.91 Å². The predicted molar refractivity (Wildman–Crippen MR) is 68.8 cm³/mol. The third kappa shape index (κ3) is 3.07. The molecule has 0 bridgehead atoms. The first-order valence-corrected chi connectivity index (χ1v) is 5.63. The van der Waals surface area contributed by atoms with Crippen LogP contribution < -0.4 is 11.1 Å². The van der Waals surface area contributed by atoms with Crippen LogP contribution in [0, 0.1) is 0 Å². The molecule has 2 aromatic rings. The number of rotatable bonds is 4. The van der Waals surface area contributed by atoms with E-state index in [1.54, 1.807) is 7.05 Å². The van der Waals surface area contributed by atoms with Crippen LogP contribution >= 0.6 is 0 Å². The van der Waals surface area contributed by atoms with Gasteiger partial charge in [-0.05, 0) is 24.1 Å². The molecule has 0 atom stereocenters. The van der Waals surface area contributed by atoms with Gasteiger partial charge in [-0.15, -0.1) is 0 Å². The number of anilines is 2. The molecule has 0 unspecified atom stereocenters. The Morgan fingerprint density at radius 1 is 1.39 bits per heavy atom. The molecular weight excluding hydrogens is 230 g/mol. The average Bonchev–Trinajstić information content (AvgIpc) is 2.74. The van der Waals surface area contributed by atoms with Gasteiger partial charge in [-0.3, -0.25) is 10.1 Å². The summed E-state index contributed by atoms with van der Waals surface area (Å²) in [5, 5.41) is 6.57. The number of nitrogens with two attached hydrogens (primary N) is 1. The van der Waals surface area contributed by atoms with E-state index in [2.05, 4.69) is 15.4 Å². The fourth-order valence-corrected chi connectivity index (χ4v) is 1.54. The number of nitrogens with zero attached hydrogens (tertiary/aromatic N) is 3. The van der Waals surface area contributed by atoms with Crippen LogP contribution in [0.1, 0.15) is 12.0 Å². The van der Waals surface area contributed by atoms with Gasteiger partial charge in [0.05, 0.1) is 0 Å². The van der Waals surface area contributed by atoms with Crippen molar-refractivity contribution in [2.24, 2.45) is 7.05 Å². The first kappa shape index (κ1) is 12.1. The molecule has 1 aromatic heterocycles. The Morgan fingerprint density at radius 2 is 2.11 bits per heavy atom.